The lowest BCUT2D eigenvalue weighted by Gasteiger charge is -2.11. The fourth-order valence-electron chi connectivity index (χ4n) is 2.68. The summed E-state index contributed by atoms with van der Waals surface area (Å²) in [7, 11) is 0. The minimum Gasteiger partial charge on any atom is -0.338 e. The van der Waals surface area contributed by atoms with Crippen LogP contribution in [-0.2, 0) is 12.2 Å². The molecule has 6 nitrogen and oxygen atoms in total. The van der Waals surface area contributed by atoms with Gasteiger partial charge in [0.2, 0.25) is 5.89 Å². The van der Waals surface area contributed by atoms with Crippen LogP contribution >= 0.6 is 11.8 Å². The van der Waals surface area contributed by atoms with Crippen LogP contribution in [0.2, 0.25) is 0 Å². The number of rotatable bonds is 6. The Kier molecular flexibility index (Phi) is 4.10. The fourth-order valence-corrected chi connectivity index (χ4v) is 3.59. The number of nitrogens with zero attached hydrogens (tertiary/aromatic N) is 4. The van der Waals surface area contributed by atoms with Crippen molar-refractivity contribution in [2.75, 3.05) is 0 Å². The van der Waals surface area contributed by atoms with Gasteiger partial charge in [-0.1, -0.05) is 36.0 Å². The van der Waals surface area contributed by atoms with Crippen molar-refractivity contribution in [1.82, 2.24) is 19.7 Å². The highest BCUT2D eigenvalue weighted by Gasteiger charge is 2.28. The van der Waals surface area contributed by atoms with E-state index in [0.29, 0.717) is 17.0 Å². The monoisotopic (exact) mass is 342 g/mol. The Hall–Kier alpha value is -2.15. The van der Waals surface area contributed by atoms with E-state index in [4.69, 9.17) is 9.51 Å². The number of benzene rings is 1. The Morgan fingerprint density at radius 3 is 2.92 bits per heavy atom. The number of para-hydroxylation sites is 1. The number of hydrogen-bond donors (Lipinski definition) is 0. The van der Waals surface area contributed by atoms with Gasteiger partial charge in [-0.3, -0.25) is 9.36 Å². The third-order valence-electron chi connectivity index (χ3n) is 4.00. The van der Waals surface area contributed by atoms with Crippen molar-refractivity contribution in [3.05, 3.63) is 46.3 Å². The molecule has 1 fully saturated rings. The zero-order valence-electron chi connectivity index (χ0n) is 13.4. The molecule has 1 aromatic carbocycles. The maximum Gasteiger partial charge on any atom is 0.262 e. The van der Waals surface area contributed by atoms with Crippen molar-refractivity contribution in [1.29, 1.82) is 0 Å². The minimum atomic E-state index is 0.0443. The number of aryl methyl sites for hydroxylation is 1. The molecule has 0 amide bonds. The quantitative estimate of drug-likeness (QED) is 0.505. The van der Waals surface area contributed by atoms with Gasteiger partial charge in [0, 0.05) is 12.5 Å². The highest BCUT2D eigenvalue weighted by atomic mass is 32.2. The van der Waals surface area contributed by atoms with Crippen LogP contribution in [0.3, 0.4) is 0 Å². The van der Waals surface area contributed by atoms with Crippen molar-refractivity contribution < 1.29 is 4.52 Å². The predicted octanol–water partition coefficient (Wildman–Crippen LogP) is 3.36. The van der Waals surface area contributed by atoms with E-state index in [2.05, 4.69) is 17.1 Å². The first-order chi connectivity index (χ1) is 11.8. The van der Waals surface area contributed by atoms with Crippen molar-refractivity contribution in [2.45, 2.75) is 49.6 Å². The van der Waals surface area contributed by atoms with Crippen LogP contribution in [0.4, 0.5) is 0 Å². The Balaban J connectivity index is 1.65. The topological polar surface area (TPSA) is 73.8 Å². The molecule has 0 bridgehead atoms. The van der Waals surface area contributed by atoms with Gasteiger partial charge >= 0.3 is 0 Å². The van der Waals surface area contributed by atoms with Crippen LogP contribution in [0.1, 0.15) is 43.9 Å². The summed E-state index contributed by atoms with van der Waals surface area (Å²) >= 11 is 1.48. The molecule has 2 heterocycles. The van der Waals surface area contributed by atoms with Crippen LogP contribution in [0, 0.1) is 0 Å². The molecule has 4 rings (SSSR count). The van der Waals surface area contributed by atoms with Crippen LogP contribution in [0.25, 0.3) is 10.9 Å². The average molecular weight is 342 g/mol. The van der Waals surface area contributed by atoms with Gasteiger partial charge in [-0.2, -0.15) is 4.98 Å². The van der Waals surface area contributed by atoms with Gasteiger partial charge < -0.3 is 4.52 Å². The van der Waals surface area contributed by atoms with E-state index < -0.39 is 0 Å². The molecule has 124 valence electrons. The lowest BCUT2D eigenvalue weighted by molar-refractivity contribution is 0.384. The van der Waals surface area contributed by atoms with Crippen LogP contribution in [-0.4, -0.2) is 19.7 Å². The van der Waals surface area contributed by atoms with Crippen molar-refractivity contribution >= 4 is 22.7 Å². The maximum absolute atomic E-state index is 12.8. The Labute approximate surface area is 143 Å². The molecule has 0 atom stereocenters. The highest BCUT2D eigenvalue weighted by Crippen LogP contribution is 2.37. The largest absolute Gasteiger partial charge is 0.338 e. The van der Waals surface area contributed by atoms with E-state index in [1.165, 1.54) is 11.8 Å². The van der Waals surface area contributed by atoms with Gasteiger partial charge in [0.05, 0.1) is 16.7 Å². The van der Waals surface area contributed by atoms with Crippen molar-refractivity contribution in [3.8, 4) is 0 Å². The third kappa shape index (κ3) is 2.96. The lowest BCUT2D eigenvalue weighted by Crippen LogP contribution is -2.22. The molecule has 1 aliphatic carbocycles. The van der Waals surface area contributed by atoms with Gasteiger partial charge in [-0.25, -0.2) is 4.98 Å². The van der Waals surface area contributed by atoms with Crippen molar-refractivity contribution in [3.63, 3.8) is 0 Å². The molecule has 0 N–H and O–H groups in total. The molecule has 3 aromatic rings. The van der Waals surface area contributed by atoms with E-state index in [1.807, 2.05) is 28.8 Å². The lowest BCUT2D eigenvalue weighted by atomic mass is 10.2. The molecule has 0 spiro atoms. The average Bonchev–Trinajstić information content (AvgIpc) is 3.33. The molecule has 0 saturated heterocycles. The predicted molar refractivity (Wildman–Crippen MR) is 92.1 cm³/mol. The van der Waals surface area contributed by atoms with E-state index in [9.17, 15) is 4.79 Å². The Bertz CT molecular complexity index is 930. The molecule has 1 saturated carbocycles. The number of hydrogen-bond acceptors (Lipinski definition) is 6. The summed E-state index contributed by atoms with van der Waals surface area (Å²) in [5.41, 5.74) is 0.780. The third-order valence-corrected chi connectivity index (χ3v) is 4.93. The highest BCUT2D eigenvalue weighted by molar-refractivity contribution is 7.98. The summed E-state index contributed by atoms with van der Waals surface area (Å²) < 4.78 is 7.11. The van der Waals surface area contributed by atoms with Gasteiger partial charge in [0.25, 0.3) is 5.56 Å². The van der Waals surface area contributed by atoms with Gasteiger partial charge in [-0.15, -0.1) is 0 Å². The van der Waals surface area contributed by atoms with E-state index in [1.54, 1.807) is 0 Å². The second-order valence-corrected chi connectivity index (χ2v) is 6.90. The summed E-state index contributed by atoms with van der Waals surface area (Å²) in [6, 6.07) is 7.77. The molecular formula is C17H18N4O2S. The summed E-state index contributed by atoms with van der Waals surface area (Å²) in [6.07, 6.45) is 3.87. The van der Waals surface area contributed by atoms with Gasteiger partial charge in [0.15, 0.2) is 11.0 Å². The summed E-state index contributed by atoms with van der Waals surface area (Å²) in [6.45, 7) is 2.08. The first-order valence-electron chi connectivity index (χ1n) is 8.22. The van der Waals surface area contributed by atoms with Crippen LogP contribution < -0.4 is 5.56 Å². The van der Waals surface area contributed by atoms with Crippen molar-refractivity contribution in [2.24, 2.45) is 0 Å². The molecule has 2 aromatic heterocycles. The normalized spacial score (nSPS) is 14.4. The molecule has 7 heteroatoms. The van der Waals surface area contributed by atoms with Gasteiger partial charge in [0.1, 0.15) is 0 Å². The van der Waals surface area contributed by atoms with Gasteiger partial charge in [-0.05, 0) is 31.4 Å². The fraction of sp³-hybridized carbons (Fsp3) is 0.412. The van der Waals surface area contributed by atoms with Crippen LogP contribution in [0.5, 0.6) is 0 Å². The first-order valence-corrected chi connectivity index (χ1v) is 9.20. The second kappa shape index (κ2) is 6.39. The molecule has 0 unspecified atom stereocenters. The van der Waals surface area contributed by atoms with E-state index in [0.717, 1.165) is 42.2 Å². The Morgan fingerprint density at radius 2 is 2.12 bits per heavy atom. The maximum atomic E-state index is 12.8. The number of fused-ring (bicyclic) bond motifs is 1. The minimum absolute atomic E-state index is 0.0443. The zero-order chi connectivity index (χ0) is 16.5. The second-order valence-electron chi connectivity index (χ2n) is 5.96. The number of aromatic nitrogens is 4. The smallest absolute Gasteiger partial charge is 0.262 e. The molecule has 24 heavy (non-hydrogen) atoms. The summed E-state index contributed by atoms with van der Waals surface area (Å²) in [5.74, 6) is 1.83. The molecule has 0 radical (unpaired) electrons. The first kappa shape index (κ1) is 15.4. The SMILES string of the molecule is CCCc1noc(CSc2nc3ccccc3c(=O)n2C2CC2)n1. The standard InChI is InChI=1S/C17H18N4O2S/c1-2-5-14-19-15(23-20-14)10-24-17-18-13-7-4-3-6-12(13)16(22)21(17)11-8-9-11/h3-4,6-7,11H,2,5,8-10H2,1H3. The zero-order valence-corrected chi connectivity index (χ0v) is 14.3. The van der Waals surface area contributed by atoms with E-state index >= 15 is 0 Å². The summed E-state index contributed by atoms with van der Waals surface area (Å²) in [5, 5.41) is 5.38. The molecular weight excluding hydrogens is 324 g/mol. The van der Waals surface area contributed by atoms with Crippen LogP contribution in [0.15, 0.2) is 38.7 Å². The Morgan fingerprint density at radius 1 is 1.29 bits per heavy atom. The number of thioether (sulfide) groups is 1. The molecule has 1 aliphatic rings. The summed E-state index contributed by atoms with van der Waals surface area (Å²) in [4.78, 5) is 21.9. The van der Waals surface area contributed by atoms with E-state index in [-0.39, 0.29) is 11.6 Å². The molecule has 0 aliphatic heterocycles.